The maximum atomic E-state index is 13.0. The topological polar surface area (TPSA) is 34.9 Å². The van der Waals surface area contributed by atoms with Crippen molar-refractivity contribution in [1.82, 2.24) is 9.55 Å². The number of aromatic nitrogens is 2. The van der Waals surface area contributed by atoms with Crippen LogP contribution in [0.1, 0.15) is 17.7 Å². The highest BCUT2D eigenvalue weighted by Gasteiger charge is 2.13. The van der Waals surface area contributed by atoms with E-state index in [9.17, 15) is 9.18 Å². The zero-order chi connectivity index (χ0) is 15.7. The molecule has 0 bridgehead atoms. The fourth-order valence-corrected chi connectivity index (χ4v) is 3.26. The quantitative estimate of drug-likeness (QED) is 0.543. The van der Waals surface area contributed by atoms with E-state index in [1.54, 1.807) is 29.8 Å². The lowest BCUT2D eigenvalue weighted by Crippen LogP contribution is -2.20. The maximum Gasteiger partial charge on any atom is 0.261 e. The molecular weight excluding hydrogens is 299 g/mol. The van der Waals surface area contributed by atoms with Gasteiger partial charge in [-0.2, -0.15) is 0 Å². The van der Waals surface area contributed by atoms with Crippen LogP contribution in [0.25, 0.3) is 10.9 Å². The van der Waals surface area contributed by atoms with E-state index in [-0.39, 0.29) is 16.6 Å². The van der Waals surface area contributed by atoms with Crippen LogP contribution in [0.5, 0.6) is 0 Å². The molecule has 0 saturated heterocycles. The van der Waals surface area contributed by atoms with Crippen molar-refractivity contribution in [1.29, 1.82) is 0 Å². The molecule has 5 heteroatoms. The summed E-state index contributed by atoms with van der Waals surface area (Å²) < 4.78 is 14.6. The second-order valence-corrected chi connectivity index (χ2v) is 6.40. The number of fused-ring (bicyclic) bond motifs is 1. The molecule has 3 nitrogen and oxygen atoms in total. The second-order valence-electron chi connectivity index (χ2n) is 5.09. The predicted molar refractivity (Wildman–Crippen MR) is 87.7 cm³/mol. The molecule has 3 aromatic rings. The summed E-state index contributed by atoms with van der Waals surface area (Å²) in [4.78, 5) is 16.9. The Morgan fingerprint density at radius 2 is 1.82 bits per heavy atom. The smallest absolute Gasteiger partial charge is 0.261 e. The number of thioether (sulfide) groups is 1. The van der Waals surface area contributed by atoms with Gasteiger partial charge in [-0.25, -0.2) is 9.37 Å². The molecule has 22 heavy (non-hydrogen) atoms. The number of rotatable bonds is 3. The highest BCUT2D eigenvalue weighted by molar-refractivity contribution is 7.99. The standard InChI is InChI=1S/C17H15FN2OS/c1-11(12-7-9-13(18)10-8-12)22-17-19-15-6-4-3-5-14(15)16(21)20(17)2/h3-11H,1-2H3. The van der Waals surface area contributed by atoms with Gasteiger partial charge in [0.05, 0.1) is 10.9 Å². The SMILES string of the molecule is CC(Sc1nc2ccccc2c(=O)n1C)c1ccc(F)cc1. The minimum Gasteiger partial charge on any atom is -0.290 e. The van der Waals surface area contributed by atoms with Crippen LogP contribution in [-0.4, -0.2) is 9.55 Å². The third-order valence-electron chi connectivity index (χ3n) is 3.56. The third-order valence-corrected chi connectivity index (χ3v) is 4.77. The van der Waals surface area contributed by atoms with Gasteiger partial charge in [-0.15, -0.1) is 0 Å². The summed E-state index contributed by atoms with van der Waals surface area (Å²) in [5, 5.41) is 1.34. The Kier molecular flexibility index (Phi) is 3.98. The highest BCUT2D eigenvalue weighted by atomic mass is 32.2. The number of benzene rings is 2. The molecule has 1 heterocycles. The second kappa shape index (κ2) is 5.93. The van der Waals surface area contributed by atoms with Crippen molar-refractivity contribution in [3.8, 4) is 0 Å². The largest absolute Gasteiger partial charge is 0.290 e. The summed E-state index contributed by atoms with van der Waals surface area (Å²) in [5.41, 5.74) is 1.63. The molecule has 0 aliphatic carbocycles. The predicted octanol–water partition coefficient (Wildman–Crippen LogP) is 3.93. The molecule has 0 amide bonds. The Morgan fingerprint density at radius 3 is 2.55 bits per heavy atom. The van der Waals surface area contributed by atoms with Gasteiger partial charge in [-0.05, 0) is 36.8 Å². The average molecular weight is 314 g/mol. The average Bonchev–Trinajstić information content (AvgIpc) is 2.53. The first-order valence-electron chi connectivity index (χ1n) is 6.94. The van der Waals surface area contributed by atoms with Crippen molar-refractivity contribution < 1.29 is 4.39 Å². The van der Waals surface area contributed by atoms with Crippen LogP contribution in [0.4, 0.5) is 4.39 Å². The molecule has 0 saturated carbocycles. The Balaban J connectivity index is 1.98. The lowest BCUT2D eigenvalue weighted by Gasteiger charge is -2.14. The molecule has 0 aliphatic rings. The molecule has 0 N–H and O–H groups in total. The number of para-hydroxylation sites is 1. The van der Waals surface area contributed by atoms with Crippen LogP contribution >= 0.6 is 11.8 Å². The van der Waals surface area contributed by atoms with Crippen molar-refractivity contribution in [2.45, 2.75) is 17.3 Å². The first-order chi connectivity index (χ1) is 10.6. The Labute approximate surface area is 131 Å². The van der Waals surface area contributed by atoms with Crippen molar-refractivity contribution in [3.63, 3.8) is 0 Å². The van der Waals surface area contributed by atoms with E-state index in [0.29, 0.717) is 16.1 Å². The van der Waals surface area contributed by atoms with Crippen LogP contribution in [-0.2, 0) is 7.05 Å². The Bertz CT molecular complexity index is 874. The van der Waals surface area contributed by atoms with Crippen molar-refractivity contribution in [3.05, 3.63) is 70.3 Å². The molecule has 0 aliphatic heterocycles. The number of hydrogen-bond donors (Lipinski definition) is 0. The van der Waals surface area contributed by atoms with Gasteiger partial charge in [0.2, 0.25) is 0 Å². The number of nitrogens with zero attached hydrogens (tertiary/aromatic N) is 2. The first-order valence-corrected chi connectivity index (χ1v) is 7.82. The van der Waals surface area contributed by atoms with E-state index in [4.69, 9.17) is 0 Å². The Morgan fingerprint density at radius 1 is 1.14 bits per heavy atom. The molecule has 1 unspecified atom stereocenters. The first kappa shape index (κ1) is 14.8. The molecular formula is C17H15FN2OS. The lowest BCUT2D eigenvalue weighted by atomic mass is 10.2. The minimum absolute atomic E-state index is 0.0561. The molecule has 1 atom stereocenters. The molecule has 0 fully saturated rings. The summed E-state index contributed by atoms with van der Waals surface area (Å²) in [6.45, 7) is 2.01. The van der Waals surface area contributed by atoms with Crippen molar-refractivity contribution in [2.24, 2.45) is 7.05 Å². The molecule has 1 aromatic heterocycles. The van der Waals surface area contributed by atoms with E-state index in [0.717, 1.165) is 5.56 Å². The normalized spacial score (nSPS) is 12.5. The lowest BCUT2D eigenvalue weighted by molar-refractivity contribution is 0.627. The van der Waals surface area contributed by atoms with Crippen LogP contribution < -0.4 is 5.56 Å². The number of hydrogen-bond acceptors (Lipinski definition) is 3. The van der Waals surface area contributed by atoms with Gasteiger partial charge in [-0.1, -0.05) is 36.0 Å². The van der Waals surface area contributed by atoms with Gasteiger partial charge in [0, 0.05) is 12.3 Å². The molecule has 0 spiro atoms. The zero-order valence-electron chi connectivity index (χ0n) is 12.3. The van der Waals surface area contributed by atoms with Gasteiger partial charge in [0.15, 0.2) is 5.16 Å². The highest BCUT2D eigenvalue weighted by Crippen LogP contribution is 2.33. The zero-order valence-corrected chi connectivity index (χ0v) is 13.1. The van der Waals surface area contributed by atoms with Gasteiger partial charge in [-0.3, -0.25) is 9.36 Å². The van der Waals surface area contributed by atoms with Gasteiger partial charge in [0.25, 0.3) is 5.56 Å². The van der Waals surface area contributed by atoms with Gasteiger partial charge in [0.1, 0.15) is 5.82 Å². The van der Waals surface area contributed by atoms with E-state index in [1.807, 2.05) is 25.1 Å². The van der Waals surface area contributed by atoms with Gasteiger partial charge >= 0.3 is 0 Å². The van der Waals surface area contributed by atoms with E-state index in [2.05, 4.69) is 4.98 Å². The third kappa shape index (κ3) is 2.76. The summed E-state index contributed by atoms with van der Waals surface area (Å²) in [6.07, 6.45) is 0. The van der Waals surface area contributed by atoms with E-state index < -0.39 is 0 Å². The fraction of sp³-hybridized carbons (Fsp3) is 0.176. The summed E-state index contributed by atoms with van der Waals surface area (Å²) >= 11 is 1.49. The van der Waals surface area contributed by atoms with Crippen LogP contribution in [0.3, 0.4) is 0 Å². The molecule has 2 aromatic carbocycles. The molecule has 112 valence electrons. The fourth-order valence-electron chi connectivity index (χ4n) is 2.26. The molecule has 0 radical (unpaired) electrons. The summed E-state index contributed by atoms with van der Waals surface area (Å²) in [5.74, 6) is -0.253. The van der Waals surface area contributed by atoms with Crippen LogP contribution in [0.15, 0.2) is 58.5 Å². The van der Waals surface area contributed by atoms with E-state index >= 15 is 0 Å². The van der Waals surface area contributed by atoms with E-state index in [1.165, 1.54) is 23.9 Å². The monoisotopic (exact) mass is 314 g/mol. The Hall–Kier alpha value is -2.14. The van der Waals surface area contributed by atoms with Crippen LogP contribution in [0.2, 0.25) is 0 Å². The summed E-state index contributed by atoms with van der Waals surface area (Å²) in [7, 11) is 1.72. The minimum atomic E-state index is -0.253. The molecule has 3 rings (SSSR count). The van der Waals surface area contributed by atoms with Gasteiger partial charge < -0.3 is 0 Å². The number of halogens is 1. The van der Waals surface area contributed by atoms with Crippen molar-refractivity contribution in [2.75, 3.05) is 0 Å². The maximum absolute atomic E-state index is 13.0. The van der Waals surface area contributed by atoms with Crippen LogP contribution in [0, 0.1) is 5.82 Å². The summed E-state index contributed by atoms with van der Waals surface area (Å²) in [6, 6.07) is 13.7. The van der Waals surface area contributed by atoms with Crippen molar-refractivity contribution >= 4 is 22.7 Å².